The number of aromatic nitrogens is 2. The topological polar surface area (TPSA) is 63.9 Å². The van der Waals surface area contributed by atoms with Gasteiger partial charge >= 0.3 is 0 Å². The number of aryl methyl sites for hydroxylation is 1. The lowest BCUT2D eigenvalue weighted by molar-refractivity contribution is 0.0536. The van der Waals surface area contributed by atoms with Gasteiger partial charge in [-0.3, -0.25) is 4.68 Å². The lowest BCUT2D eigenvalue weighted by Crippen LogP contribution is -2.40. The molecule has 1 atom stereocenters. The fraction of sp³-hybridized carbons (Fsp3) is 0.750. The third-order valence-electron chi connectivity index (χ3n) is 3.88. The van der Waals surface area contributed by atoms with Gasteiger partial charge in [0.2, 0.25) is 0 Å². The zero-order chi connectivity index (χ0) is 16.5. The monoisotopic (exact) mass is 451 g/mol. The molecule has 1 aromatic heterocycles. The number of likely N-dealkylation sites (tertiary alicyclic amines) is 1. The zero-order valence-electron chi connectivity index (χ0n) is 14.9. The second-order valence-electron chi connectivity index (χ2n) is 5.86. The van der Waals surface area contributed by atoms with Gasteiger partial charge in [0, 0.05) is 51.5 Å². The molecule has 0 amide bonds. The highest BCUT2D eigenvalue weighted by Crippen LogP contribution is 2.17. The minimum absolute atomic E-state index is 0. The van der Waals surface area contributed by atoms with Crippen LogP contribution in [0.2, 0.25) is 0 Å². The molecule has 1 fully saturated rings. The zero-order valence-corrected chi connectivity index (χ0v) is 17.2. The summed E-state index contributed by atoms with van der Waals surface area (Å²) < 4.78 is 12.5. The number of nitrogens with zero attached hydrogens (tertiary/aromatic N) is 4. The first-order valence-corrected chi connectivity index (χ1v) is 8.30. The van der Waals surface area contributed by atoms with Crippen molar-refractivity contribution in [3.63, 3.8) is 0 Å². The first kappa shape index (κ1) is 21.2. The number of guanidine groups is 1. The van der Waals surface area contributed by atoms with E-state index < -0.39 is 0 Å². The second-order valence-corrected chi connectivity index (χ2v) is 5.86. The van der Waals surface area contributed by atoms with Gasteiger partial charge in [-0.15, -0.1) is 24.0 Å². The fourth-order valence-electron chi connectivity index (χ4n) is 2.70. The Morgan fingerprint density at radius 2 is 2.29 bits per heavy atom. The molecule has 24 heavy (non-hydrogen) atoms. The maximum absolute atomic E-state index is 5.66. The van der Waals surface area contributed by atoms with Crippen LogP contribution in [0.1, 0.15) is 18.9 Å². The van der Waals surface area contributed by atoms with Crippen LogP contribution in [-0.2, 0) is 23.1 Å². The van der Waals surface area contributed by atoms with Crippen LogP contribution < -0.4 is 5.32 Å². The SMILES string of the molecule is CCNC(=NCc1cnn(C)c1)N1CCC(COCCOC)C1.I. The number of halogens is 1. The molecule has 8 heteroatoms. The molecule has 1 aromatic rings. The molecular formula is C16H30IN5O2. The number of hydrogen-bond donors (Lipinski definition) is 1. The molecule has 0 aromatic carbocycles. The molecular weight excluding hydrogens is 421 g/mol. The first-order valence-electron chi connectivity index (χ1n) is 8.30. The third kappa shape index (κ3) is 6.94. The van der Waals surface area contributed by atoms with Crippen molar-refractivity contribution in [1.82, 2.24) is 20.0 Å². The molecule has 0 bridgehead atoms. The molecule has 1 aliphatic rings. The van der Waals surface area contributed by atoms with Crippen LogP contribution >= 0.6 is 24.0 Å². The van der Waals surface area contributed by atoms with E-state index in [2.05, 4.69) is 22.2 Å². The number of hydrogen-bond acceptors (Lipinski definition) is 4. The van der Waals surface area contributed by atoms with Gasteiger partial charge in [0.05, 0.1) is 32.6 Å². The standard InChI is InChI=1S/C16H29N5O2.HI/c1-4-17-16(18-9-15-10-19-20(2)11-15)21-6-5-14(12-21)13-23-8-7-22-3;/h10-11,14H,4-9,12-13H2,1-3H3,(H,17,18);1H. The van der Waals surface area contributed by atoms with Crippen LogP contribution in [0.4, 0.5) is 0 Å². The Morgan fingerprint density at radius 3 is 2.96 bits per heavy atom. The molecule has 1 N–H and O–H groups in total. The molecule has 0 aliphatic carbocycles. The third-order valence-corrected chi connectivity index (χ3v) is 3.88. The summed E-state index contributed by atoms with van der Waals surface area (Å²) >= 11 is 0. The van der Waals surface area contributed by atoms with Crippen LogP contribution in [0.3, 0.4) is 0 Å². The Labute approximate surface area is 161 Å². The van der Waals surface area contributed by atoms with Gasteiger partial charge in [-0.1, -0.05) is 0 Å². The van der Waals surface area contributed by atoms with Gasteiger partial charge in [-0.2, -0.15) is 5.10 Å². The molecule has 138 valence electrons. The van der Waals surface area contributed by atoms with E-state index in [0.29, 0.717) is 25.7 Å². The van der Waals surface area contributed by atoms with E-state index >= 15 is 0 Å². The molecule has 0 radical (unpaired) electrons. The van der Waals surface area contributed by atoms with E-state index in [4.69, 9.17) is 14.5 Å². The van der Waals surface area contributed by atoms with Gasteiger partial charge in [0.15, 0.2) is 5.96 Å². The van der Waals surface area contributed by atoms with Crippen molar-refractivity contribution in [1.29, 1.82) is 0 Å². The van der Waals surface area contributed by atoms with Crippen molar-refractivity contribution < 1.29 is 9.47 Å². The van der Waals surface area contributed by atoms with Gasteiger partial charge in [-0.25, -0.2) is 4.99 Å². The summed E-state index contributed by atoms with van der Waals surface area (Å²) in [4.78, 5) is 7.06. The van der Waals surface area contributed by atoms with Gasteiger partial charge in [0.25, 0.3) is 0 Å². The van der Waals surface area contributed by atoms with Crippen LogP contribution in [0.5, 0.6) is 0 Å². The van der Waals surface area contributed by atoms with E-state index in [-0.39, 0.29) is 24.0 Å². The van der Waals surface area contributed by atoms with E-state index in [1.807, 2.05) is 19.4 Å². The van der Waals surface area contributed by atoms with Crippen molar-refractivity contribution >= 4 is 29.9 Å². The summed E-state index contributed by atoms with van der Waals surface area (Å²) in [6.07, 6.45) is 5.01. The molecule has 1 aliphatic heterocycles. The quantitative estimate of drug-likeness (QED) is 0.281. The van der Waals surface area contributed by atoms with Crippen molar-refractivity contribution in [3.8, 4) is 0 Å². The Kier molecular flexibility index (Phi) is 10.3. The Balaban J connectivity index is 0.00000288. The Morgan fingerprint density at radius 1 is 1.46 bits per heavy atom. The highest BCUT2D eigenvalue weighted by molar-refractivity contribution is 14.0. The maximum atomic E-state index is 5.66. The van der Waals surface area contributed by atoms with Crippen molar-refractivity contribution in [2.45, 2.75) is 19.9 Å². The minimum Gasteiger partial charge on any atom is -0.382 e. The molecule has 2 heterocycles. The van der Waals surface area contributed by atoms with Crippen molar-refractivity contribution in [2.24, 2.45) is 18.0 Å². The van der Waals surface area contributed by atoms with Crippen LogP contribution in [0, 0.1) is 5.92 Å². The fourth-order valence-corrected chi connectivity index (χ4v) is 2.70. The van der Waals surface area contributed by atoms with Crippen molar-refractivity contribution in [3.05, 3.63) is 18.0 Å². The largest absolute Gasteiger partial charge is 0.382 e. The van der Waals surface area contributed by atoms with E-state index in [9.17, 15) is 0 Å². The average molecular weight is 451 g/mol. The van der Waals surface area contributed by atoms with Crippen LogP contribution in [0.25, 0.3) is 0 Å². The predicted molar refractivity (Wildman–Crippen MR) is 106 cm³/mol. The minimum atomic E-state index is 0. The summed E-state index contributed by atoms with van der Waals surface area (Å²) in [6.45, 7) is 7.76. The highest BCUT2D eigenvalue weighted by Gasteiger charge is 2.24. The Bertz CT molecular complexity index is 495. The molecule has 1 unspecified atom stereocenters. The van der Waals surface area contributed by atoms with Gasteiger partial charge in [-0.05, 0) is 13.3 Å². The van der Waals surface area contributed by atoms with E-state index in [1.54, 1.807) is 11.8 Å². The molecule has 1 saturated heterocycles. The normalized spacial score (nSPS) is 17.9. The van der Waals surface area contributed by atoms with Gasteiger partial charge < -0.3 is 19.7 Å². The molecule has 0 spiro atoms. The smallest absolute Gasteiger partial charge is 0.194 e. The summed E-state index contributed by atoms with van der Waals surface area (Å²) in [7, 11) is 3.62. The number of methoxy groups -OCH3 is 1. The first-order chi connectivity index (χ1) is 11.2. The second kappa shape index (κ2) is 11.6. The summed E-state index contributed by atoms with van der Waals surface area (Å²) in [6, 6.07) is 0. The number of aliphatic imine (C=N–C) groups is 1. The van der Waals surface area contributed by atoms with E-state index in [1.165, 1.54) is 0 Å². The number of ether oxygens (including phenoxy) is 2. The molecule has 0 saturated carbocycles. The maximum Gasteiger partial charge on any atom is 0.194 e. The summed E-state index contributed by atoms with van der Waals surface area (Å²) in [5.74, 6) is 1.55. The lowest BCUT2D eigenvalue weighted by Gasteiger charge is -2.21. The van der Waals surface area contributed by atoms with Crippen LogP contribution in [0.15, 0.2) is 17.4 Å². The molecule has 2 rings (SSSR count). The Hall–Kier alpha value is -0.870. The molecule has 7 nitrogen and oxygen atoms in total. The van der Waals surface area contributed by atoms with E-state index in [0.717, 1.165) is 44.2 Å². The highest BCUT2D eigenvalue weighted by atomic mass is 127. The summed E-state index contributed by atoms with van der Waals surface area (Å²) in [5.41, 5.74) is 1.13. The van der Waals surface area contributed by atoms with Crippen LogP contribution in [-0.4, -0.2) is 67.2 Å². The lowest BCUT2D eigenvalue weighted by atomic mass is 10.1. The van der Waals surface area contributed by atoms with Gasteiger partial charge in [0.1, 0.15) is 0 Å². The summed E-state index contributed by atoms with van der Waals surface area (Å²) in [5, 5.41) is 7.57. The number of rotatable bonds is 8. The average Bonchev–Trinajstić information content (AvgIpc) is 3.17. The number of nitrogens with one attached hydrogen (secondary N) is 1. The predicted octanol–water partition coefficient (Wildman–Crippen LogP) is 1.49. The van der Waals surface area contributed by atoms with Crippen molar-refractivity contribution in [2.75, 3.05) is 46.6 Å².